The molecule has 2 rings (SSSR count). The molecule has 1 N–H and O–H groups in total. The Balaban J connectivity index is 1.65. The molecule has 0 unspecified atom stereocenters. The summed E-state index contributed by atoms with van der Waals surface area (Å²) in [7, 11) is 0. The zero-order valence-corrected chi connectivity index (χ0v) is 13.1. The molecule has 1 aromatic rings. The molecule has 0 radical (unpaired) electrons. The molecule has 0 bridgehead atoms. The highest BCUT2D eigenvalue weighted by atomic mass is 16.5. The second-order valence-electron chi connectivity index (χ2n) is 5.71. The number of hydrogen-bond acceptors (Lipinski definition) is 4. The number of aliphatic hydroxyl groups excluding tert-OH is 1. The van der Waals surface area contributed by atoms with Crippen LogP contribution >= 0.6 is 0 Å². The van der Waals surface area contributed by atoms with Gasteiger partial charge in [-0.25, -0.2) is 0 Å². The lowest BCUT2D eigenvalue weighted by Gasteiger charge is -2.36. The van der Waals surface area contributed by atoms with Crippen molar-refractivity contribution in [1.82, 2.24) is 4.90 Å². The van der Waals surface area contributed by atoms with Crippen LogP contribution in [0.4, 0.5) is 5.69 Å². The van der Waals surface area contributed by atoms with Crippen LogP contribution < -0.4 is 4.90 Å². The lowest BCUT2D eigenvalue weighted by Crippen LogP contribution is -2.49. The summed E-state index contributed by atoms with van der Waals surface area (Å²) < 4.78 is 5.48. The van der Waals surface area contributed by atoms with E-state index >= 15 is 0 Å². The van der Waals surface area contributed by atoms with Crippen molar-refractivity contribution in [3.63, 3.8) is 0 Å². The Labute approximate surface area is 128 Å². The first-order chi connectivity index (χ1) is 10.3. The third-order valence-electron chi connectivity index (χ3n) is 3.92. The number of piperazine rings is 1. The largest absolute Gasteiger partial charge is 0.389 e. The molecule has 1 heterocycles. The van der Waals surface area contributed by atoms with Crippen molar-refractivity contribution >= 4 is 5.69 Å². The molecule has 0 amide bonds. The number of para-hydroxylation sites is 1. The van der Waals surface area contributed by atoms with Gasteiger partial charge in [0.2, 0.25) is 0 Å². The van der Waals surface area contributed by atoms with Crippen LogP contribution in [0.1, 0.15) is 19.8 Å². The van der Waals surface area contributed by atoms with Gasteiger partial charge in [0.15, 0.2) is 0 Å². The van der Waals surface area contributed by atoms with Crippen molar-refractivity contribution in [3.05, 3.63) is 30.3 Å². The van der Waals surface area contributed by atoms with Crippen LogP contribution in [0, 0.1) is 0 Å². The number of β-amino-alcohol motifs (C(OH)–C–C–N with tert-alkyl or cyclic N) is 1. The van der Waals surface area contributed by atoms with Gasteiger partial charge in [0.05, 0.1) is 12.7 Å². The van der Waals surface area contributed by atoms with Gasteiger partial charge in [0.1, 0.15) is 0 Å². The van der Waals surface area contributed by atoms with Gasteiger partial charge >= 0.3 is 0 Å². The monoisotopic (exact) mass is 292 g/mol. The second kappa shape index (κ2) is 9.03. The molecule has 1 aromatic carbocycles. The highest BCUT2D eigenvalue weighted by Gasteiger charge is 2.19. The van der Waals surface area contributed by atoms with E-state index in [1.165, 1.54) is 5.69 Å². The molecule has 0 spiro atoms. The number of benzene rings is 1. The predicted molar refractivity (Wildman–Crippen MR) is 86.8 cm³/mol. The Bertz CT molecular complexity index is 378. The molecule has 1 fully saturated rings. The topological polar surface area (TPSA) is 35.9 Å². The van der Waals surface area contributed by atoms with Gasteiger partial charge in [0.25, 0.3) is 0 Å². The van der Waals surface area contributed by atoms with E-state index in [2.05, 4.69) is 47.1 Å². The summed E-state index contributed by atoms with van der Waals surface area (Å²) in [6.07, 6.45) is 1.84. The summed E-state index contributed by atoms with van der Waals surface area (Å²) in [5.41, 5.74) is 1.29. The molecule has 1 saturated heterocycles. The van der Waals surface area contributed by atoms with Gasteiger partial charge in [-0.05, 0) is 18.6 Å². The minimum atomic E-state index is -0.370. The molecular weight excluding hydrogens is 264 g/mol. The van der Waals surface area contributed by atoms with Crippen LogP contribution in [0.5, 0.6) is 0 Å². The molecule has 21 heavy (non-hydrogen) atoms. The van der Waals surface area contributed by atoms with Crippen molar-refractivity contribution < 1.29 is 9.84 Å². The quantitative estimate of drug-likeness (QED) is 0.743. The summed E-state index contributed by atoms with van der Waals surface area (Å²) in [6.45, 7) is 8.12. The molecular formula is C17H28N2O2. The lowest BCUT2D eigenvalue weighted by molar-refractivity contribution is 0.0150. The van der Waals surface area contributed by atoms with Gasteiger partial charge in [-0.3, -0.25) is 4.90 Å². The number of hydrogen-bond donors (Lipinski definition) is 1. The van der Waals surface area contributed by atoms with E-state index < -0.39 is 0 Å². The molecule has 4 nitrogen and oxygen atoms in total. The molecule has 118 valence electrons. The van der Waals surface area contributed by atoms with Crippen molar-refractivity contribution in [2.75, 3.05) is 50.8 Å². The minimum Gasteiger partial charge on any atom is -0.389 e. The van der Waals surface area contributed by atoms with Crippen molar-refractivity contribution in [1.29, 1.82) is 0 Å². The number of rotatable bonds is 8. The molecule has 1 aliphatic heterocycles. The van der Waals surface area contributed by atoms with Crippen LogP contribution in [-0.4, -0.2) is 62.0 Å². The standard InChI is InChI=1S/C17H28N2O2/c1-2-3-13-21-15-17(20)14-18-9-11-19(12-10-18)16-7-5-4-6-8-16/h4-8,17,20H,2-3,9-15H2,1H3/t17-/m0/s1. The normalized spacial score (nSPS) is 17.9. The van der Waals surface area contributed by atoms with Crippen LogP contribution in [-0.2, 0) is 4.74 Å². The molecule has 0 aromatic heterocycles. The summed E-state index contributed by atoms with van der Waals surface area (Å²) in [5.74, 6) is 0. The van der Waals surface area contributed by atoms with Gasteiger partial charge < -0.3 is 14.7 Å². The first-order valence-electron chi connectivity index (χ1n) is 8.07. The molecule has 1 atom stereocenters. The maximum absolute atomic E-state index is 10.0. The van der Waals surface area contributed by atoms with E-state index in [0.717, 1.165) is 52.2 Å². The Morgan fingerprint density at radius 1 is 1.14 bits per heavy atom. The Hall–Kier alpha value is -1.10. The Morgan fingerprint density at radius 3 is 2.52 bits per heavy atom. The summed E-state index contributed by atoms with van der Waals surface area (Å²) >= 11 is 0. The van der Waals surface area contributed by atoms with Crippen LogP contribution in [0.25, 0.3) is 0 Å². The first kappa shape index (κ1) is 16.3. The maximum Gasteiger partial charge on any atom is 0.0900 e. The lowest BCUT2D eigenvalue weighted by atomic mass is 10.2. The van der Waals surface area contributed by atoms with Crippen molar-refractivity contribution in [2.24, 2.45) is 0 Å². The molecule has 0 aliphatic carbocycles. The molecule has 0 saturated carbocycles. The van der Waals surface area contributed by atoms with E-state index in [1.54, 1.807) is 0 Å². The smallest absolute Gasteiger partial charge is 0.0900 e. The van der Waals surface area contributed by atoms with E-state index in [4.69, 9.17) is 4.74 Å². The first-order valence-corrected chi connectivity index (χ1v) is 8.07. The molecule has 4 heteroatoms. The fourth-order valence-electron chi connectivity index (χ4n) is 2.64. The Morgan fingerprint density at radius 2 is 1.86 bits per heavy atom. The zero-order chi connectivity index (χ0) is 14.9. The zero-order valence-electron chi connectivity index (χ0n) is 13.1. The van der Waals surface area contributed by atoms with Gasteiger partial charge in [0, 0.05) is 45.0 Å². The van der Waals surface area contributed by atoms with Gasteiger partial charge in [-0.2, -0.15) is 0 Å². The third-order valence-corrected chi connectivity index (χ3v) is 3.92. The predicted octanol–water partition coefficient (Wildman–Crippen LogP) is 1.99. The second-order valence-corrected chi connectivity index (χ2v) is 5.71. The van der Waals surface area contributed by atoms with Crippen LogP contribution in [0.3, 0.4) is 0 Å². The third kappa shape index (κ3) is 5.65. The summed E-state index contributed by atoms with van der Waals surface area (Å²) in [4.78, 5) is 4.73. The summed E-state index contributed by atoms with van der Waals surface area (Å²) in [6, 6.07) is 10.5. The Kier molecular flexibility index (Phi) is 7.00. The number of ether oxygens (including phenoxy) is 1. The molecule has 1 aliphatic rings. The average Bonchev–Trinajstić information content (AvgIpc) is 2.53. The SMILES string of the molecule is CCCCOC[C@@H](O)CN1CCN(c2ccccc2)CC1. The van der Waals surface area contributed by atoms with E-state index in [1.807, 2.05) is 0 Å². The minimum absolute atomic E-state index is 0.370. The van der Waals surface area contributed by atoms with Crippen molar-refractivity contribution in [2.45, 2.75) is 25.9 Å². The highest BCUT2D eigenvalue weighted by molar-refractivity contribution is 5.46. The number of aliphatic hydroxyl groups is 1. The van der Waals surface area contributed by atoms with Gasteiger partial charge in [-0.15, -0.1) is 0 Å². The highest BCUT2D eigenvalue weighted by Crippen LogP contribution is 2.15. The number of unbranched alkanes of at least 4 members (excludes halogenated alkanes) is 1. The fraction of sp³-hybridized carbons (Fsp3) is 0.647. The average molecular weight is 292 g/mol. The van der Waals surface area contributed by atoms with Crippen LogP contribution in [0.2, 0.25) is 0 Å². The van der Waals surface area contributed by atoms with E-state index in [9.17, 15) is 5.11 Å². The number of nitrogens with zero attached hydrogens (tertiary/aromatic N) is 2. The fourth-order valence-corrected chi connectivity index (χ4v) is 2.64. The number of anilines is 1. The van der Waals surface area contributed by atoms with Gasteiger partial charge in [-0.1, -0.05) is 31.5 Å². The van der Waals surface area contributed by atoms with E-state index in [-0.39, 0.29) is 6.10 Å². The summed E-state index contributed by atoms with van der Waals surface area (Å²) in [5, 5.41) is 10.0. The van der Waals surface area contributed by atoms with Crippen molar-refractivity contribution in [3.8, 4) is 0 Å². The maximum atomic E-state index is 10.0. The van der Waals surface area contributed by atoms with E-state index in [0.29, 0.717) is 6.61 Å². The van der Waals surface area contributed by atoms with Crippen LogP contribution in [0.15, 0.2) is 30.3 Å².